The van der Waals surface area contributed by atoms with Crippen LogP contribution in [0.5, 0.6) is 11.5 Å². The molecule has 4 rings (SSSR count). The number of ether oxygens (including phenoxy) is 2. The van der Waals surface area contributed by atoms with Crippen molar-refractivity contribution in [1.29, 1.82) is 0 Å². The lowest BCUT2D eigenvalue weighted by molar-refractivity contribution is 0.269. The molecule has 5 nitrogen and oxygen atoms in total. The second-order valence-corrected chi connectivity index (χ2v) is 8.05. The fourth-order valence-electron chi connectivity index (χ4n) is 3.18. The van der Waals surface area contributed by atoms with Crippen LogP contribution in [0.3, 0.4) is 0 Å². The highest BCUT2D eigenvalue weighted by molar-refractivity contribution is 7.14. The molecule has 0 aliphatic heterocycles. The van der Waals surface area contributed by atoms with Gasteiger partial charge in [-0.3, -0.25) is 5.43 Å². The van der Waals surface area contributed by atoms with Crippen LogP contribution in [-0.2, 0) is 6.61 Å². The lowest BCUT2D eigenvalue weighted by Crippen LogP contribution is -2.01. The van der Waals surface area contributed by atoms with Crippen LogP contribution in [0.4, 0.5) is 5.13 Å². The summed E-state index contributed by atoms with van der Waals surface area (Å²) in [6.07, 6.45) is 1.75. The van der Waals surface area contributed by atoms with Crippen molar-refractivity contribution in [3.63, 3.8) is 0 Å². The molecule has 0 atom stereocenters. The first-order chi connectivity index (χ1) is 15.7. The van der Waals surface area contributed by atoms with E-state index in [2.05, 4.69) is 40.6 Å². The van der Waals surface area contributed by atoms with E-state index in [4.69, 9.17) is 9.47 Å². The Hall–Kier alpha value is -3.64. The number of nitrogens with zero attached hydrogens (tertiary/aromatic N) is 2. The maximum Gasteiger partial charge on any atom is 0.203 e. The SMILES string of the molecule is CCOc1cc(C=NNc2nc(-c3ccccc3)cs2)ccc1OCc1cccc(C)c1. The zero-order chi connectivity index (χ0) is 22.2. The van der Waals surface area contributed by atoms with Crippen molar-refractivity contribution in [3.05, 3.63) is 94.9 Å². The van der Waals surface area contributed by atoms with Gasteiger partial charge >= 0.3 is 0 Å². The van der Waals surface area contributed by atoms with Gasteiger partial charge in [0.1, 0.15) is 6.61 Å². The van der Waals surface area contributed by atoms with E-state index in [9.17, 15) is 0 Å². The van der Waals surface area contributed by atoms with Gasteiger partial charge in [0.05, 0.1) is 18.5 Å². The zero-order valence-corrected chi connectivity index (χ0v) is 18.9. The third-order valence-corrected chi connectivity index (χ3v) is 5.44. The summed E-state index contributed by atoms with van der Waals surface area (Å²) in [5.41, 5.74) is 8.27. The number of benzene rings is 3. The first kappa shape index (κ1) is 21.6. The molecule has 0 saturated heterocycles. The molecule has 32 heavy (non-hydrogen) atoms. The van der Waals surface area contributed by atoms with E-state index < -0.39 is 0 Å². The number of hydrogen-bond donors (Lipinski definition) is 1. The molecule has 162 valence electrons. The Morgan fingerprint density at radius 2 is 1.84 bits per heavy atom. The molecule has 1 N–H and O–H groups in total. The standard InChI is InChI=1S/C26H25N3O2S/c1-3-30-25-15-20(12-13-24(25)31-17-21-9-7-8-19(2)14-21)16-27-29-26-28-23(18-32-26)22-10-5-4-6-11-22/h4-16,18H,3,17H2,1-2H3,(H,28,29). The van der Waals surface area contributed by atoms with Crippen LogP contribution in [-0.4, -0.2) is 17.8 Å². The molecule has 0 spiro atoms. The monoisotopic (exact) mass is 443 g/mol. The van der Waals surface area contributed by atoms with Crippen LogP contribution in [0.15, 0.2) is 83.3 Å². The fourth-order valence-corrected chi connectivity index (χ4v) is 3.85. The van der Waals surface area contributed by atoms with E-state index >= 15 is 0 Å². The summed E-state index contributed by atoms with van der Waals surface area (Å²) in [6, 6.07) is 24.2. The van der Waals surface area contributed by atoms with E-state index in [1.807, 2.05) is 66.9 Å². The summed E-state index contributed by atoms with van der Waals surface area (Å²) in [4.78, 5) is 4.58. The minimum atomic E-state index is 0.491. The molecule has 0 amide bonds. The smallest absolute Gasteiger partial charge is 0.203 e. The summed E-state index contributed by atoms with van der Waals surface area (Å²) in [5, 5.41) is 7.08. The molecule has 0 radical (unpaired) electrons. The number of thiazole rings is 1. The molecule has 3 aromatic carbocycles. The Balaban J connectivity index is 1.40. The molecule has 6 heteroatoms. The summed E-state index contributed by atoms with van der Waals surface area (Å²) in [6.45, 7) is 5.08. The van der Waals surface area contributed by atoms with Crippen LogP contribution in [0.25, 0.3) is 11.3 Å². The lowest BCUT2D eigenvalue weighted by Gasteiger charge is -2.13. The molecular formula is C26H25N3O2S. The highest BCUT2D eigenvalue weighted by atomic mass is 32.1. The second-order valence-electron chi connectivity index (χ2n) is 7.19. The third-order valence-electron chi connectivity index (χ3n) is 4.69. The zero-order valence-electron chi connectivity index (χ0n) is 18.1. The Labute approximate surface area is 192 Å². The molecule has 0 aliphatic rings. The fraction of sp³-hybridized carbons (Fsp3) is 0.154. The minimum Gasteiger partial charge on any atom is -0.490 e. The van der Waals surface area contributed by atoms with Gasteiger partial charge in [0.15, 0.2) is 11.5 Å². The van der Waals surface area contributed by atoms with Crippen molar-refractivity contribution in [2.75, 3.05) is 12.0 Å². The van der Waals surface area contributed by atoms with E-state index in [-0.39, 0.29) is 0 Å². The Morgan fingerprint density at radius 1 is 0.969 bits per heavy atom. The molecular weight excluding hydrogens is 418 g/mol. The van der Waals surface area contributed by atoms with Gasteiger partial charge in [-0.1, -0.05) is 60.2 Å². The molecule has 0 saturated carbocycles. The highest BCUT2D eigenvalue weighted by Crippen LogP contribution is 2.29. The highest BCUT2D eigenvalue weighted by Gasteiger charge is 2.07. The van der Waals surface area contributed by atoms with Crippen LogP contribution >= 0.6 is 11.3 Å². The summed E-state index contributed by atoms with van der Waals surface area (Å²) < 4.78 is 11.8. The van der Waals surface area contributed by atoms with E-state index in [1.165, 1.54) is 16.9 Å². The number of nitrogens with one attached hydrogen (secondary N) is 1. The molecule has 4 aromatic rings. The largest absolute Gasteiger partial charge is 0.490 e. The van der Waals surface area contributed by atoms with Crippen LogP contribution in [0.1, 0.15) is 23.6 Å². The number of rotatable bonds is 9. The molecule has 0 bridgehead atoms. The Kier molecular flexibility index (Phi) is 7.15. The third kappa shape index (κ3) is 5.74. The number of anilines is 1. The van der Waals surface area contributed by atoms with Crippen molar-refractivity contribution >= 4 is 22.7 Å². The number of hydrazone groups is 1. The van der Waals surface area contributed by atoms with Gasteiger partial charge in [-0.25, -0.2) is 4.98 Å². The second kappa shape index (κ2) is 10.6. The molecule has 0 fully saturated rings. The summed E-state index contributed by atoms with van der Waals surface area (Å²) >= 11 is 1.52. The Morgan fingerprint density at radius 3 is 2.66 bits per heavy atom. The number of hydrogen-bond acceptors (Lipinski definition) is 6. The topological polar surface area (TPSA) is 55.7 Å². The van der Waals surface area contributed by atoms with Crippen molar-refractivity contribution in [3.8, 4) is 22.8 Å². The maximum absolute atomic E-state index is 6.01. The van der Waals surface area contributed by atoms with E-state index in [1.54, 1.807) is 6.21 Å². The average molecular weight is 444 g/mol. The molecule has 0 aliphatic carbocycles. The van der Waals surface area contributed by atoms with Crippen molar-refractivity contribution in [2.24, 2.45) is 5.10 Å². The van der Waals surface area contributed by atoms with Gasteiger partial charge in [-0.15, -0.1) is 11.3 Å². The number of aryl methyl sites for hydroxylation is 1. The average Bonchev–Trinajstić information content (AvgIpc) is 3.28. The summed E-state index contributed by atoms with van der Waals surface area (Å²) in [7, 11) is 0. The van der Waals surface area contributed by atoms with Crippen molar-refractivity contribution < 1.29 is 9.47 Å². The Bertz CT molecular complexity index is 1190. The van der Waals surface area contributed by atoms with Crippen molar-refractivity contribution in [1.82, 2.24) is 4.98 Å². The lowest BCUT2D eigenvalue weighted by atomic mass is 10.1. The van der Waals surface area contributed by atoms with Gasteiger partial charge in [-0.05, 0) is 43.2 Å². The van der Waals surface area contributed by atoms with Crippen molar-refractivity contribution in [2.45, 2.75) is 20.5 Å². The first-order valence-corrected chi connectivity index (χ1v) is 11.3. The predicted molar refractivity (Wildman–Crippen MR) is 132 cm³/mol. The van der Waals surface area contributed by atoms with Gasteiger partial charge in [0.2, 0.25) is 5.13 Å². The van der Waals surface area contributed by atoms with Gasteiger partial charge in [0, 0.05) is 10.9 Å². The molecule has 1 heterocycles. The molecule has 0 unspecified atom stereocenters. The van der Waals surface area contributed by atoms with Gasteiger partial charge in [0.25, 0.3) is 0 Å². The minimum absolute atomic E-state index is 0.491. The van der Waals surface area contributed by atoms with Crippen LogP contribution in [0.2, 0.25) is 0 Å². The summed E-state index contributed by atoms with van der Waals surface area (Å²) in [5.74, 6) is 1.41. The van der Waals surface area contributed by atoms with Gasteiger partial charge < -0.3 is 9.47 Å². The van der Waals surface area contributed by atoms with Crippen LogP contribution < -0.4 is 14.9 Å². The van der Waals surface area contributed by atoms with E-state index in [0.29, 0.717) is 24.7 Å². The molecule has 1 aromatic heterocycles. The predicted octanol–water partition coefficient (Wildman–Crippen LogP) is 6.54. The van der Waals surface area contributed by atoms with E-state index in [0.717, 1.165) is 27.5 Å². The quantitative estimate of drug-likeness (QED) is 0.236. The number of aromatic nitrogens is 1. The normalized spacial score (nSPS) is 10.9. The maximum atomic E-state index is 6.01. The first-order valence-electron chi connectivity index (χ1n) is 10.5. The van der Waals surface area contributed by atoms with Crippen LogP contribution in [0, 0.1) is 6.92 Å². The van der Waals surface area contributed by atoms with Gasteiger partial charge in [-0.2, -0.15) is 5.10 Å².